The van der Waals surface area contributed by atoms with Crippen molar-refractivity contribution in [2.75, 3.05) is 30.5 Å². The minimum Gasteiger partial charge on any atom is -0.463 e. The largest absolute Gasteiger partial charge is 0.463 e. The molecule has 4 rings (SSSR count). The molecule has 1 aliphatic rings. The zero-order valence-electron chi connectivity index (χ0n) is 18.6. The van der Waals surface area contributed by atoms with Gasteiger partial charge in [0.1, 0.15) is 11.6 Å². The van der Waals surface area contributed by atoms with Crippen LogP contribution in [0.4, 0.5) is 21.8 Å². The highest BCUT2D eigenvalue weighted by Gasteiger charge is 2.19. The van der Waals surface area contributed by atoms with Gasteiger partial charge in [-0.3, -0.25) is 0 Å². The molecule has 176 valence electrons. The van der Waals surface area contributed by atoms with E-state index in [0.717, 1.165) is 23.1 Å². The molecule has 0 saturated carbocycles. The molecular formula is C25H24ClFN4O3. The summed E-state index contributed by atoms with van der Waals surface area (Å²) in [5.41, 5.74) is 3.08. The molecule has 9 heteroatoms. The zero-order valence-corrected chi connectivity index (χ0v) is 19.3. The summed E-state index contributed by atoms with van der Waals surface area (Å²) in [7, 11) is 0. The third-order valence-electron chi connectivity index (χ3n) is 5.13. The van der Waals surface area contributed by atoms with Crippen LogP contribution in [0.2, 0.25) is 5.02 Å². The van der Waals surface area contributed by atoms with E-state index in [1.807, 2.05) is 24.3 Å². The van der Waals surface area contributed by atoms with E-state index in [9.17, 15) is 9.18 Å². The van der Waals surface area contributed by atoms with Gasteiger partial charge in [0, 0.05) is 30.1 Å². The number of carbonyl (C=O) groups is 1. The summed E-state index contributed by atoms with van der Waals surface area (Å²) in [6.45, 7) is 3.36. The number of nitrogens with zero attached hydrogens (tertiary/aromatic N) is 2. The third kappa shape index (κ3) is 6.09. The maximum atomic E-state index is 13.5. The first-order chi connectivity index (χ1) is 16.5. The van der Waals surface area contributed by atoms with Gasteiger partial charge in [0.25, 0.3) is 0 Å². The summed E-state index contributed by atoms with van der Waals surface area (Å²) < 4.78 is 23.9. The second kappa shape index (κ2) is 11.1. The highest BCUT2D eigenvalue weighted by molar-refractivity contribution is 6.31. The maximum Gasteiger partial charge on any atom is 0.330 e. The summed E-state index contributed by atoms with van der Waals surface area (Å²) in [4.78, 5) is 20.8. The summed E-state index contributed by atoms with van der Waals surface area (Å²) in [6, 6.07) is 12.1. The number of hydrogen-bond donors (Lipinski definition) is 2. The Morgan fingerprint density at radius 1 is 1.32 bits per heavy atom. The fourth-order valence-corrected chi connectivity index (χ4v) is 3.65. The molecule has 7 nitrogen and oxygen atoms in total. The van der Waals surface area contributed by atoms with Crippen LogP contribution in [0.1, 0.15) is 18.9 Å². The van der Waals surface area contributed by atoms with E-state index in [1.165, 1.54) is 18.2 Å². The van der Waals surface area contributed by atoms with Crippen molar-refractivity contribution in [3.8, 4) is 11.1 Å². The topological polar surface area (TPSA) is 85.4 Å². The van der Waals surface area contributed by atoms with Crippen LogP contribution in [-0.4, -0.2) is 41.8 Å². The predicted octanol–water partition coefficient (Wildman–Crippen LogP) is 5.46. The zero-order chi connectivity index (χ0) is 23.9. The Labute approximate surface area is 202 Å². The lowest BCUT2D eigenvalue weighted by Gasteiger charge is -2.17. The van der Waals surface area contributed by atoms with Crippen LogP contribution in [0, 0.1) is 5.82 Å². The summed E-state index contributed by atoms with van der Waals surface area (Å²) in [5, 5.41) is 6.52. The van der Waals surface area contributed by atoms with Crippen molar-refractivity contribution in [3.05, 3.63) is 71.1 Å². The molecule has 1 saturated heterocycles. The number of carbonyl (C=O) groups excluding carboxylic acids is 1. The van der Waals surface area contributed by atoms with Gasteiger partial charge in [-0.05, 0) is 54.8 Å². The molecule has 2 N–H and O–H groups in total. The van der Waals surface area contributed by atoms with Crippen LogP contribution in [0.25, 0.3) is 17.2 Å². The lowest BCUT2D eigenvalue weighted by atomic mass is 10.0. The monoisotopic (exact) mass is 482 g/mol. The van der Waals surface area contributed by atoms with Crippen LogP contribution in [0.5, 0.6) is 0 Å². The molecule has 1 unspecified atom stereocenters. The first-order valence-electron chi connectivity index (χ1n) is 10.9. The van der Waals surface area contributed by atoms with Gasteiger partial charge in [0.05, 0.1) is 24.3 Å². The summed E-state index contributed by atoms with van der Waals surface area (Å²) >= 11 is 5.89. The predicted molar refractivity (Wildman–Crippen MR) is 131 cm³/mol. The Kier molecular flexibility index (Phi) is 7.72. The molecule has 0 radical (unpaired) electrons. The van der Waals surface area contributed by atoms with Crippen LogP contribution < -0.4 is 10.6 Å². The number of nitrogens with one attached hydrogen (secondary N) is 2. The number of esters is 1. The van der Waals surface area contributed by atoms with Gasteiger partial charge in [-0.15, -0.1) is 0 Å². The van der Waals surface area contributed by atoms with E-state index >= 15 is 0 Å². The van der Waals surface area contributed by atoms with E-state index in [4.69, 9.17) is 21.1 Å². The molecule has 0 aliphatic carbocycles. The van der Waals surface area contributed by atoms with Crippen molar-refractivity contribution in [1.82, 2.24) is 9.97 Å². The first-order valence-corrected chi connectivity index (χ1v) is 11.3. The van der Waals surface area contributed by atoms with E-state index < -0.39 is 11.8 Å². The van der Waals surface area contributed by atoms with Gasteiger partial charge in [-0.1, -0.05) is 29.8 Å². The second-order valence-corrected chi connectivity index (χ2v) is 8.03. The SMILES string of the molecule is CCOC(=O)C=Cc1cccc(-c2cnc(Nc3ccc(F)c(Cl)c3)nc2NC2CCOC2)c1. The van der Waals surface area contributed by atoms with Crippen molar-refractivity contribution in [1.29, 1.82) is 0 Å². The molecule has 3 aromatic rings. The number of aromatic nitrogens is 2. The van der Waals surface area contributed by atoms with Gasteiger partial charge >= 0.3 is 5.97 Å². The maximum absolute atomic E-state index is 13.5. The van der Waals surface area contributed by atoms with Crippen LogP contribution in [0.3, 0.4) is 0 Å². The van der Waals surface area contributed by atoms with Gasteiger partial charge in [0.15, 0.2) is 0 Å². The van der Waals surface area contributed by atoms with Gasteiger partial charge in [-0.2, -0.15) is 4.98 Å². The molecule has 1 atom stereocenters. The Hall–Kier alpha value is -3.49. The minimum atomic E-state index is -0.496. The number of hydrogen-bond acceptors (Lipinski definition) is 7. The van der Waals surface area contributed by atoms with E-state index in [2.05, 4.69) is 20.6 Å². The highest BCUT2D eigenvalue weighted by Crippen LogP contribution is 2.30. The first kappa shape index (κ1) is 23.7. The van der Waals surface area contributed by atoms with Crippen LogP contribution >= 0.6 is 11.6 Å². The summed E-state index contributed by atoms with van der Waals surface area (Å²) in [6.07, 6.45) is 5.68. The van der Waals surface area contributed by atoms with Crippen molar-refractivity contribution in [2.24, 2.45) is 0 Å². The van der Waals surface area contributed by atoms with Crippen molar-refractivity contribution in [2.45, 2.75) is 19.4 Å². The van der Waals surface area contributed by atoms with Crippen molar-refractivity contribution in [3.63, 3.8) is 0 Å². The standard InChI is InChI=1S/C25H24ClFN4O3/c1-2-34-23(32)9-6-16-4-3-5-17(12-16)20-14-28-25(30-18-7-8-22(27)21(26)13-18)31-24(20)29-19-10-11-33-15-19/h3-9,12-14,19H,2,10-11,15H2,1H3,(H2,28,29,30,31). The second-order valence-electron chi connectivity index (χ2n) is 7.63. The molecule has 1 fully saturated rings. The number of benzene rings is 2. The average molecular weight is 483 g/mol. The van der Waals surface area contributed by atoms with E-state index in [0.29, 0.717) is 37.3 Å². The molecule has 0 bridgehead atoms. The molecule has 34 heavy (non-hydrogen) atoms. The lowest BCUT2D eigenvalue weighted by Crippen LogP contribution is -2.20. The smallest absolute Gasteiger partial charge is 0.330 e. The molecule has 2 heterocycles. The number of ether oxygens (including phenoxy) is 2. The minimum absolute atomic E-state index is 0.00996. The Morgan fingerprint density at radius 2 is 2.21 bits per heavy atom. The number of halogens is 2. The average Bonchev–Trinajstić information content (AvgIpc) is 3.34. The van der Waals surface area contributed by atoms with Crippen LogP contribution in [-0.2, 0) is 14.3 Å². The molecule has 1 aromatic heterocycles. The fraction of sp³-hybridized carbons (Fsp3) is 0.240. The molecular weight excluding hydrogens is 459 g/mol. The molecule has 0 amide bonds. The Morgan fingerprint density at radius 3 is 2.97 bits per heavy atom. The lowest BCUT2D eigenvalue weighted by molar-refractivity contribution is -0.137. The molecule has 0 spiro atoms. The molecule has 1 aliphatic heterocycles. The van der Waals surface area contributed by atoms with Gasteiger partial charge in [-0.25, -0.2) is 14.2 Å². The van der Waals surface area contributed by atoms with E-state index in [-0.39, 0.29) is 11.1 Å². The fourth-order valence-electron chi connectivity index (χ4n) is 3.47. The Bertz CT molecular complexity index is 1200. The van der Waals surface area contributed by atoms with Gasteiger partial charge in [0.2, 0.25) is 5.95 Å². The van der Waals surface area contributed by atoms with Crippen molar-refractivity contribution < 1.29 is 18.7 Å². The Balaban J connectivity index is 1.63. The summed E-state index contributed by atoms with van der Waals surface area (Å²) in [5.74, 6) is 0.0824. The van der Waals surface area contributed by atoms with Gasteiger partial charge < -0.3 is 20.1 Å². The molecule has 2 aromatic carbocycles. The van der Waals surface area contributed by atoms with Crippen molar-refractivity contribution >= 4 is 41.1 Å². The normalized spacial score (nSPS) is 15.4. The quantitative estimate of drug-likeness (QED) is 0.326. The number of rotatable bonds is 8. The van der Waals surface area contributed by atoms with Crippen LogP contribution in [0.15, 0.2) is 54.7 Å². The number of anilines is 3. The van der Waals surface area contributed by atoms with E-state index in [1.54, 1.807) is 25.3 Å². The highest BCUT2D eigenvalue weighted by atomic mass is 35.5. The third-order valence-corrected chi connectivity index (χ3v) is 5.42.